The predicted octanol–water partition coefficient (Wildman–Crippen LogP) is 3.35. The van der Waals surface area contributed by atoms with Gasteiger partial charge in [0.15, 0.2) is 5.78 Å². The van der Waals surface area contributed by atoms with Crippen LogP contribution >= 0.6 is 15.9 Å². The molecule has 4 heteroatoms. The summed E-state index contributed by atoms with van der Waals surface area (Å²) in [5.41, 5.74) is 0.244. The van der Waals surface area contributed by atoms with Gasteiger partial charge >= 0.3 is 0 Å². The molecule has 1 unspecified atom stereocenters. The second-order valence-electron chi connectivity index (χ2n) is 5.04. The number of Topliss-reactive ketones (excluding diaryl/α,β-unsaturated/α-hetero) is 1. The number of halogens is 1. The minimum absolute atomic E-state index is 0.156. The Labute approximate surface area is 115 Å². The van der Waals surface area contributed by atoms with Gasteiger partial charge in [-0.2, -0.15) is 0 Å². The van der Waals surface area contributed by atoms with Gasteiger partial charge in [0.1, 0.15) is 11.4 Å². The monoisotopic (exact) mass is 310 g/mol. The first kappa shape index (κ1) is 12.2. The largest absolute Gasteiger partial charge is 0.484 e. The van der Waals surface area contributed by atoms with E-state index in [2.05, 4.69) is 15.9 Å². The van der Waals surface area contributed by atoms with Crippen LogP contribution in [0.25, 0.3) is 0 Å². The standard InChI is InChI=1S/C14H15BrO3/c15-10-3-4-13-11(7-10)12(16)8-14(18-13)5-1-2-6-17-9-14/h3-4,7H,1-2,5-6,8-9H2. The van der Waals surface area contributed by atoms with Gasteiger partial charge in [0.05, 0.1) is 18.6 Å². The third-order valence-electron chi connectivity index (χ3n) is 3.59. The molecule has 1 aromatic rings. The Kier molecular flexibility index (Phi) is 3.16. The van der Waals surface area contributed by atoms with Crippen molar-refractivity contribution in [3.05, 3.63) is 28.2 Å². The summed E-state index contributed by atoms with van der Waals surface area (Å²) in [5, 5.41) is 0. The quantitative estimate of drug-likeness (QED) is 0.737. The Hall–Kier alpha value is -0.870. The van der Waals surface area contributed by atoms with Crippen LogP contribution < -0.4 is 4.74 Å². The van der Waals surface area contributed by atoms with Crippen molar-refractivity contribution in [1.29, 1.82) is 0 Å². The van der Waals surface area contributed by atoms with Gasteiger partial charge in [-0.25, -0.2) is 0 Å². The Morgan fingerprint density at radius 3 is 3.06 bits per heavy atom. The number of carbonyl (C=O) groups excluding carboxylic acids is 1. The van der Waals surface area contributed by atoms with Gasteiger partial charge in [0, 0.05) is 11.1 Å². The molecule has 1 atom stereocenters. The number of ether oxygens (including phenoxy) is 2. The van der Waals surface area contributed by atoms with Crippen LogP contribution in [0, 0.1) is 0 Å². The van der Waals surface area contributed by atoms with E-state index in [4.69, 9.17) is 9.47 Å². The summed E-state index contributed by atoms with van der Waals surface area (Å²) in [7, 11) is 0. The van der Waals surface area contributed by atoms with E-state index < -0.39 is 5.60 Å². The van der Waals surface area contributed by atoms with E-state index in [-0.39, 0.29) is 5.78 Å². The van der Waals surface area contributed by atoms with E-state index >= 15 is 0 Å². The molecule has 1 spiro atoms. The fourth-order valence-electron chi connectivity index (χ4n) is 2.67. The van der Waals surface area contributed by atoms with Crippen molar-refractivity contribution in [2.24, 2.45) is 0 Å². The smallest absolute Gasteiger partial charge is 0.170 e. The van der Waals surface area contributed by atoms with Crippen LogP contribution in [-0.4, -0.2) is 24.6 Å². The SMILES string of the molecule is O=C1CC2(CCCCOC2)Oc2ccc(Br)cc21. The molecule has 0 bridgehead atoms. The molecule has 2 aliphatic rings. The van der Waals surface area contributed by atoms with Gasteiger partial charge in [0.2, 0.25) is 0 Å². The van der Waals surface area contributed by atoms with Crippen LogP contribution in [0.5, 0.6) is 5.75 Å². The highest BCUT2D eigenvalue weighted by atomic mass is 79.9. The maximum Gasteiger partial charge on any atom is 0.170 e. The molecule has 2 heterocycles. The van der Waals surface area contributed by atoms with E-state index in [0.717, 1.165) is 30.3 Å². The average molecular weight is 311 g/mol. The highest BCUT2D eigenvalue weighted by molar-refractivity contribution is 9.10. The van der Waals surface area contributed by atoms with Crippen molar-refractivity contribution in [1.82, 2.24) is 0 Å². The number of benzene rings is 1. The highest BCUT2D eigenvalue weighted by Crippen LogP contribution is 2.38. The van der Waals surface area contributed by atoms with Crippen molar-refractivity contribution in [3.63, 3.8) is 0 Å². The van der Waals surface area contributed by atoms with Gasteiger partial charge in [-0.15, -0.1) is 0 Å². The van der Waals surface area contributed by atoms with E-state index in [1.807, 2.05) is 18.2 Å². The van der Waals surface area contributed by atoms with Crippen LogP contribution in [0.15, 0.2) is 22.7 Å². The molecule has 0 N–H and O–H groups in total. The zero-order valence-electron chi connectivity index (χ0n) is 10.1. The first-order valence-electron chi connectivity index (χ1n) is 6.28. The summed E-state index contributed by atoms with van der Waals surface area (Å²) in [6.45, 7) is 1.29. The molecule has 0 aromatic heterocycles. The molecular weight excluding hydrogens is 296 g/mol. The highest BCUT2D eigenvalue weighted by Gasteiger charge is 2.41. The fraction of sp³-hybridized carbons (Fsp3) is 0.500. The van der Waals surface area contributed by atoms with Crippen LogP contribution in [0.3, 0.4) is 0 Å². The zero-order chi connectivity index (χ0) is 12.6. The molecule has 3 rings (SSSR count). The topological polar surface area (TPSA) is 35.5 Å². The third kappa shape index (κ3) is 2.19. The molecule has 1 fully saturated rings. The number of carbonyl (C=O) groups is 1. The molecule has 18 heavy (non-hydrogen) atoms. The van der Waals surface area contributed by atoms with Crippen molar-refractivity contribution in [2.45, 2.75) is 31.3 Å². The Balaban J connectivity index is 1.95. The maximum absolute atomic E-state index is 12.3. The lowest BCUT2D eigenvalue weighted by Gasteiger charge is -2.36. The minimum Gasteiger partial charge on any atom is -0.484 e. The average Bonchev–Trinajstić information content (AvgIpc) is 2.56. The van der Waals surface area contributed by atoms with Crippen LogP contribution in [-0.2, 0) is 4.74 Å². The number of hydrogen-bond donors (Lipinski definition) is 0. The Morgan fingerprint density at radius 2 is 2.17 bits per heavy atom. The molecule has 1 saturated heterocycles. The summed E-state index contributed by atoms with van der Waals surface area (Å²) >= 11 is 3.39. The van der Waals surface area contributed by atoms with E-state index in [1.165, 1.54) is 0 Å². The maximum atomic E-state index is 12.3. The summed E-state index contributed by atoms with van der Waals surface area (Å²) in [6.07, 6.45) is 3.43. The molecule has 0 radical (unpaired) electrons. The fourth-order valence-corrected chi connectivity index (χ4v) is 3.03. The summed E-state index contributed by atoms with van der Waals surface area (Å²) in [5.74, 6) is 0.850. The minimum atomic E-state index is -0.436. The van der Waals surface area contributed by atoms with Gasteiger partial charge < -0.3 is 9.47 Å². The first-order chi connectivity index (χ1) is 8.69. The lowest BCUT2D eigenvalue weighted by Crippen LogP contribution is -2.45. The Bertz CT molecular complexity index is 476. The third-order valence-corrected chi connectivity index (χ3v) is 4.08. The van der Waals surface area contributed by atoms with Crippen molar-refractivity contribution in [3.8, 4) is 5.75 Å². The van der Waals surface area contributed by atoms with E-state index in [9.17, 15) is 4.79 Å². The van der Waals surface area contributed by atoms with Gasteiger partial charge in [-0.05, 0) is 37.5 Å². The van der Waals surface area contributed by atoms with Crippen molar-refractivity contribution >= 4 is 21.7 Å². The zero-order valence-corrected chi connectivity index (χ0v) is 11.7. The molecule has 3 nitrogen and oxygen atoms in total. The lowest BCUT2D eigenvalue weighted by atomic mass is 9.87. The van der Waals surface area contributed by atoms with Gasteiger partial charge in [-0.1, -0.05) is 15.9 Å². The van der Waals surface area contributed by atoms with Gasteiger partial charge in [-0.3, -0.25) is 4.79 Å². The van der Waals surface area contributed by atoms with Crippen LogP contribution in [0.4, 0.5) is 0 Å². The molecule has 96 valence electrons. The number of ketones is 1. The number of rotatable bonds is 0. The van der Waals surface area contributed by atoms with Crippen molar-refractivity contribution in [2.75, 3.05) is 13.2 Å². The molecule has 0 amide bonds. The lowest BCUT2D eigenvalue weighted by molar-refractivity contribution is -0.0245. The molecule has 2 aliphatic heterocycles. The first-order valence-corrected chi connectivity index (χ1v) is 7.07. The Morgan fingerprint density at radius 1 is 1.28 bits per heavy atom. The summed E-state index contributed by atoms with van der Waals surface area (Å²) in [6, 6.07) is 5.61. The van der Waals surface area contributed by atoms with E-state index in [1.54, 1.807) is 0 Å². The summed E-state index contributed by atoms with van der Waals surface area (Å²) in [4.78, 5) is 12.3. The second-order valence-corrected chi connectivity index (χ2v) is 5.95. The second kappa shape index (κ2) is 4.67. The normalized spacial score (nSPS) is 27.5. The molecule has 0 aliphatic carbocycles. The van der Waals surface area contributed by atoms with Crippen molar-refractivity contribution < 1.29 is 14.3 Å². The summed E-state index contributed by atoms with van der Waals surface area (Å²) < 4.78 is 12.6. The molecule has 1 aromatic carbocycles. The van der Waals surface area contributed by atoms with Crippen LogP contribution in [0.1, 0.15) is 36.0 Å². The van der Waals surface area contributed by atoms with Gasteiger partial charge in [0.25, 0.3) is 0 Å². The number of fused-ring (bicyclic) bond motifs is 1. The molecular formula is C14H15BrO3. The number of hydrogen-bond acceptors (Lipinski definition) is 3. The molecule has 0 saturated carbocycles. The predicted molar refractivity (Wildman–Crippen MR) is 71.1 cm³/mol. The van der Waals surface area contributed by atoms with Crippen LogP contribution in [0.2, 0.25) is 0 Å². The van der Waals surface area contributed by atoms with E-state index in [0.29, 0.717) is 24.3 Å².